The van der Waals surface area contributed by atoms with E-state index in [-0.39, 0.29) is 28.0 Å². The van der Waals surface area contributed by atoms with Crippen molar-refractivity contribution in [1.29, 1.82) is 0 Å². The second kappa shape index (κ2) is 5.75. The number of hydrogen-bond acceptors (Lipinski definition) is 3. The molecule has 1 saturated carbocycles. The molecule has 1 aromatic rings. The summed E-state index contributed by atoms with van der Waals surface area (Å²) in [5.74, 6) is -1.51. The SMILES string of the molecule is O=C(NC1CCC(C(=O)O)C1)c1cnc(Cl)c(Cl)c1. The number of hydrogen-bond donors (Lipinski definition) is 2. The Morgan fingerprint density at radius 2 is 2.11 bits per heavy atom. The molecule has 0 spiro atoms. The molecule has 19 heavy (non-hydrogen) atoms. The van der Waals surface area contributed by atoms with Crippen LogP contribution in [0.25, 0.3) is 0 Å². The van der Waals surface area contributed by atoms with Gasteiger partial charge in [0.05, 0.1) is 16.5 Å². The van der Waals surface area contributed by atoms with Crippen molar-refractivity contribution in [2.75, 3.05) is 0 Å². The number of carbonyl (C=O) groups excluding carboxylic acids is 1. The predicted molar refractivity (Wildman–Crippen MR) is 70.5 cm³/mol. The Hall–Kier alpha value is -1.33. The largest absolute Gasteiger partial charge is 0.481 e. The molecular formula is C12H12Cl2N2O3. The van der Waals surface area contributed by atoms with Crippen LogP contribution in [0.4, 0.5) is 0 Å². The number of aliphatic carboxylic acids is 1. The fourth-order valence-electron chi connectivity index (χ4n) is 2.15. The summed E-state index contributed by atoms with van der Waals surface area (Å²) in [5.41, 5.74) is 0.313. The number of nitrogens with one attached hydrogen (secondary N) is 1. The van der Waals surface area contributed by atoms with E-state index in [1.54, 1.807) is 0 Å². The molecule has 1 amide bonds. The molecule has 2 unspecified atom stereocenters. The fourth-order valence-corrected chi connectivity index (χ4v) is 2.42. The van der Waals surface area contributed by atoms with Crippen LogP contribution < -0.4 is 5.32 Å². The van der Waals surface area contributed by atoms with Gasteiger partial charge < -0.3 is 10.4 Å². The molecular weight excluding hydrogens is 291 g/mol. The lowest BCUT2D eigenvalue weighted by Crippen LogP contribution is -2.33. The van der Waals surface area contributed by atoms with Crippen LogP contribution in [0.15, 0.2) is 12.3 Å². The van der Waals surface area contributed by atoms with Gasteiger partial charge in [-0.2, -0.15) is 0 Å². The molecule has 0 bridgehead atoms. The van der Waals surface area contributed by atoms with Crippen molar-refractivity contribution in [2.24, 2.45) is 5.92 Å². The number of carboxylic acid groups (broad SMARTS) is 1. The summed E-state index contributed by atoms with van der Waals surface area (Å²) < 4.78 is 0. The van der Waals surface area contributed by atoms with Crippen LogP contribution in [0.5, 0.6) is 0 Å². The maximum atomic E-state index is 11.9. The smallest absolute Gasteiger partial charge is 0.306 e. The average Bonchev–Trinajstić information content (AvgIpc) is 2.81. The van der Waals surface area contributed by atoms with Crippen LogP contribution >= 0.6 is 23.2 Å². The molecule has 2 atom stereocenters. The quantitative estimate of drug-likeness (QED) is 0.840. The maximum absolute atomic E-state index is 11.9. The van der Waals surface area contributed by atoms with Crippen LogP contribution in [0.3, 0.4) is 0 Å². The van der Waals surface area contributed by atoms with Crippen molar-refractivity contribution >= 4 is 35.1 Å². The first-order valence-corrected chi connectivity index (χ1v) is 6.57. The molecule has 1 aromatic heterocycles. The zero-order chi connectivity index (χ0) is 14.0. The molecule has 5 nitrogen and oxygen atoms in total. The fraction of sp³-hybridized carbons (Fsp3) is 0.417. The molecule has 1 heterocycles. The van der Waals surface area contributed by atoms with Gasteiger partial charge in [-0.05, 0) is 25.3 Å². The second-order valence-electron chi connectivity index (χ2n) is 4.52. The Bertz CT molecular complexity index is 522. The molecule has 0 radical (unpaired) electrons. The van der Waals surface area contributed by atoms with Crippen molar-refractivity contribution in [3.05, 3.63) is 28.0 Å². The highest BCUT2D eigenvalue weighted by Crippen LogP contribution is 2.26. The molecule has 1 aliphatic rings. The van der Waals surface area contributed by atoms with E-state index in [1.807, 2.05) is 0 Å². The minimum Gasteiger partial charge on any atom is -0.481 e. The average molecular weight is 303 g/mol. The van der Waals surface area contributed by atoms with Crippen molar-refractivity contribution in [1.82, 2.24) is 10.3 Å². The third-order valence-corrected chi connectivity index (χ3v) is 3.86. The van der Waals surface area contributed by atoms with Crippen molar-refractivity contribution < 1.29 is 14.7 Å². The minimum atomic E-state index is -0.812. The number of amides is 1. The van der Waals surface area contributed by atoms with Crippen molar-refractivity contribution in [3.8, 4) is 0 Å². The van der Waals surface area contributed by atoms with Crippen LogP contribution in [-0.4, -0.2) is 28.0 Å². The number of carbonyl (C=O) groups is 2. The van der Waals surface area contributed by atoms with E-state index >= 15 is 0 Å². The van der Waals surface area contributed by atoms with Crippen LogP contribution in [0.1, 0.15) is 29.6 Å². The van der Waals surface area contributed by atoms with Gasteiger partial charge >= 0.3 is 5.97 Å². The van der Waals surface area contributed by atoms with E-state index in [4.69, 9.17) is 28.3 Å². The van der Waals surface area contributed by atoms with E-state index < -0.39 is 5.97 Å². The third kappa shape index (κ3) is 3.36. The number of carboxylic acids is 1. The first-order valence-electron chi connectivity index (χ1n) is 5.82. The van der Waals surface area contributed by atoms with E-state index in [9.17, 15) is 9.59 Å². The molecule has 2 N–H and O–H groups in total. The topological polar surface area (TPSA) is 79.3 Å². The van der Waals surface area contributed by atoms with E-state index in [0.29, 0.717) is 24.8 Å². The van der Waals surface area contributed by atoms with Gasteiger partial charge in [0, 0.05) is 12.2 Å². The summed E-state index contributed by atoms with van der Waals surface area (Å²) in [7, 11) is 0. The standard InChI is InChI=1S/C12H12Cl2N2O3/c13-9-4-7(5-15-10(9)14)11(17)16-8-2-1-6(3-8)12(18)19/h4-6,8H,1-3H2,(H,16,17)(H,18,19). The summed E-state index contributed by atoms with van der Waals surface area (Å²) in [4.78, 5) is 26.6. The summed E-state index contributed by atoms with van der Waals surface area (Å²) in [6.45, 7) is 0. The number of rotatable bonds is 3. The maximum Gasteiger partial charge on any atom is 0.306 e. The molecule has 7 heteroatoms. The Morgan fingerprint density at radius 3 is 2.68 bits per heavy atom. The Balaban J connectivity index is 1.98. The van der Waals surface area contributed by atoms with Crippen molar-refractivity contribution in [3.63, 3.8) is 0 Å². The zero-order valence-corrected chi connectivity index (χ0v) is 11.4. The number of halogens is 2. The number of nitrogens with zero attached hydrogens (tertiary/aromatic N) is 1. The van der Waals surface area contributed by atoms with Gasteiger partial charge in [0.25, 0.3) is 5.91 Å². The predicted octanol–water partition coefficient (Wildman–Crippen LogP) is 2.37. The molecule has 2 rings (SSSR count). The lowest BCUT2D eigenvalue weighted by Gasteiger charge is -2.12. The summed E-state index contributed by atoms with van der Waals surface area (Å²) in [6.07, 6.45) is 3.04. The van der Waals surface area contributed by atoms with E-state index in [2.05, 4.69) is 10.3 Å². The van der Waals surface area contributed by atoms with E-state index in [0.717, 1.165) is 0 Å². The molecule has 1 fully saturated rings. The first-order chi connectivity index (χ1) is 8.97. The summed E-state index contributed by atoms with van der Waals surface area (Å²) >= 11 is 11.5. The van der Waals surface area contributed by atoms with Crippen LogP contribution in [0, 0.1) is 5.92 Å². The van der Waals surface area contributed by atoms with Gasteiger partial charge in [-0.25, -0.2) is 4.98 Å². The van der Waals surface area contributed by atoms with Gasteiger partial charge in [-0.3, -0.25) is 9.59 Å². The Labute approximate surface area is 119 Å². The number of aromatic nitrogens is 1. The highest BCUT2D eigenvalue weighted by Gasteiger charge is 2.30. The van der Waals surface area contributed by atoms with Crippen LogP contribution in [0.2, 0.25) is 10.2 Å². The van der Waals surface area contributed by atoms with Crippen LogP contribution in [-0.2, 0) is 4.79 Å². The van der Waals surface area contributed by atoms with Crippen molar-refractivity contribution in [2.45, 2.75) is 25.3 Å². The zero-order valence-electron chi connectivity index (χ0n) is 9.90. The minimum absolute atomic E-state index is 0.122. The summed E-state index contributed by atoms with van der Waals surface area (Å²) in [5, 5.41) is 12.0. The molecule has 0 aromatic carbocycles. The summed E-state index contributed by atoms with van der Waals surface area (Å²) in [6, 6.07) is 1.32. The van der Waals surface area contributed by atoms with Gasteiger partial charge in [0.2, 0.25) is 0 Å². The highest BCUT2D eigenvalue weighted by atomic mass is 35.5. The van der Waals surface area contributed by atoms with Gasteiger partial charge in [0.15, 0.2) is 0 Å². The monoisotopic (exact) mass is 302 g/mol. The molecule has 0 aliphatic heterocycles. The van der Waals surface area contributed by atoms with Gasteiger partial charge in [-0.15, -0.1) is 0 Å². The lowest BCUT2D eigenvalue weighted by atomic mass is 10.1. The first kappa shape index (κ1) is 14.1. The van der Waals surface area contributed by atoms with Gasteiger partial charge in [0.1, 0.15) is 5.15 Å². The molecule has 102 valence electrons. The van der Waals surface area contributed by atoms with E-state index in [1.165, 1.54) is 12.3 Å². The molecule has 0 saturated heterocycles. The van der Waals surface area contributed by atoms with Gasteiger partial charge in [-0.1, -0.05) is 23.2 Å². The third-order valence-electron chi connectivity index (χ3n) is 3.18. The Morgan fingerprint density at radius 1 is 1.37 bits per heavy atom. The highest BCUT2D eigenvalue weighted by molar-refractivity contribution is 6.41. The second-order valence-corrected chi connectivity index (χ2v) is 5.28. The molecule has 1 aliphatic carbocycles. The lowest BCUT2D eigenvalue weighted by molar-refractivity contribution is -0.141. The number of pyridine rings is 1. The Kier molecular flexibility index (Phi) is 4.27. The normalized spacial score (nSPS) is 22.2.